The molecular weight excluding hydrogens is 606 g/mol. The minimum Gasteiger partial charge on any atom is -0.496 e. The average Bonchev–Trinajstić information content (AvgIpc) is 3.53. The van der Waals surface area contributed by atoms with Crippen molar-refractivity contribution in [2.24, 2.45) is 0 Å². The molecule has 2 heterocycles. The lowest BCUT2D eigenvalue weighted by Gasteiger charge is -2.28. The van der Waals surface area contributed by atoms with Gasteiger partial charge in [0.15, 0.2) is 6.10 Å². The van der Waals surface area contributed by atoms with E-state index in [-0.39, 0.29) is 26.2 Å². The number of carbonyl (C=O) groups is 4. The number of amides is 4. The molecule has 47 heavy (non-hydrogen) atoms. The molecule has 1 unspecified atom stereocenters. The maximum absolute atomic E-state index is 13.1. The summed E-state index contributed by atoms with van der Waals surface area (Å²) in [6, 6.07) is 11.5. The van der Waals surface area contributed by atoms with E-state index in [1.165, 1.54) is 11.1 Å². The maximum atomic E-state index is 13.1. The zero-order chi connectivity index (χ0) is 34.1. The van der Waals surface area contributed by atoms with Crippen LogP contribution in [0, 0.1) is 6.92 Å². The molecule has 4 amide bonds. The predicted octanol–water partition coefficient (Wildman–Crippen LogP) is 2.85. The van der Waals surface area contributed by atoms with Gasteiger partial charge in [0.1, 0.15) is 23.7 Å². The molecule has 2 atom stereocenters. The molecule has 252 valence electrons. The van der Waals surface area contributed by atoms with Crippen molar-refractivity contribution >= 4 is 34.7 Å². The van der Waals surface area contributed by atoms with Crippen molar-refractivity contribution < 1.29 is 38.5 Å². The number of rotatable bonds is 12. The first kappa shape index (κ1) is 35.0. The van der Waals surface area contributed by atoms with Crippen LogP contribution < -0.4 is 25.4 Å². The Morgan fingerprint density at radius 2 is 1.85 bits per heavy atom. The van der Waals surface area contributed by atoms with Crippen LogP contribution in [0.2, 0.25) is 0 Å². The van der Waals surface area contributed by atoms with Crippen molar-refractivity contribution in [1.29, 1.82) is 0 Å². The number of nitrogens with zero attached hydrogens (tertiary/aromatic N) is 2. The summed E-state index contributed by atoms with van der Waals surface area (Å²) in [5.41, 5.74) is 2.02. The number of ether oxygens (including phenoxy) is 3. The highest BCUT2D eigenvalue weighted by Crippen LogP contribution is 2.24. The number of pyridine rings is 1. The summed E-state index contributed by atoms with van der Waals surface area (Å²) in [5.74, 6) is -0.241. The second-order valence-electron chi connectivity index (χ2n) is 12.3. The van der Waals surface area contributed by atoms with E-state index in [9.17, 15) is 24.3 Å². The Hall–Kier alpha value is -4.91. The van der Waals surface area contributed by atoms with Crippen LogP contribution in [0.4, 0.5) is 4.79 Å². The minimum atomic E-state index is -1.42. The van der Waals surface area contributed by atoms with Gasteiger partial charge in [0.2, 0.25) is 5.91 Å². The summed E-state index contributed by atoms with van der Waals surface area (Å²) < 4.78 is 16.2. The number of hydrogen-bond acceptors (Lipinski definition) is 9. The minimum absolute atomic E-state index is 0.196. The Morgan fingerprint density at radius 3 is 2.60 bits per heavy atom. The lowest BCUT2D eigenvalue weighted by Crippen LogP contribution is -2.51. The molecule has 0 saturated carbocycles. The second-order valence-corrected chi connectivity index (χ2v) is 12.3. The van der Waals surface area contributed by atoms with Gasteiger partial charge in [-0.25, -0.2) is 4.79 Å². The van der Waals surface area contributed by atoms with Gasteiger partial charge in [-0.3, -0.25) is 19.4 Å². The van der Waals surface area contributed by atoms with Crippen LogP contribution in [-0.4, -0.2) is 89.9 Å². The molecule has 1 fully saturated rings. The summed E-state index contributed by atoms with van der Waals surface area (Å²) in [4.78, 5) is 56.6. The number of aromatic nitrogens is 1. The lowest BCUT2D eigenvalue weighted by atomic mass is 10.1. The fourth-order valence-corrected chi connectivity index (χ4v) is 5.28. The van der Waals surface area contributed by atoms with Crippen LogP contribution in [0.15, 0.2) is 48.7 Å². The molecule has 0 radical (unpaired) electrons. The fourth-order valence-electron chi connectivity index (χ4n) is 5.28. The monoisotopic (exact) mass is 649 g/mol. The molecule has 1 aliphatic heterocycles. The quantitative estimate of drug-likeness (QED) is 0.216. The standard InChI is InChI=1S/C34H43N5O8/c1-21-8-9-22(17-28(21)45-5)19-37-32(43)30(41)27-7-6-15-39(27)29(40)20-38-31(42)25-12-13-35-26-18-23(10-11-24(25)26)46-16-14-36-33(44)47-34(2,3)4/h8-13,17-18,27,30,41H,6-7,14-16,19-20H2,1-5H3,(H,36,44)(H,37,43)(H,38,42)/t27-,30?/m0/s1. The molecule has 4 rings (SSSR count). The van der Waals surface area contributed by atoms with Crippen LogP contribution in [-0.2, 0) is 20.9 Å². The fraction of sp³-hybridized carbons (Fsp3) is 0.441. The highest BCUT2D eigenvalue weighted by atomic mass is 16.6. The Kier molecular flexibility index (Phi) is 11.6. The van der Waals surface area contributed by atoms with Crippen molar-refractivity contribution in [2.45, 2.75) is 64.8 Å². The summed E-state index contributed by atoms with van der Waals surface area (Å²) >= 11 is 0. The third kappa shape index (κ3) is 9.55. The van der Waals surface area contributed by atoms with E-state index >= 15 is 0 Å². The lowest BCUT2D eigenvalue weighted by molar-refractivity contribution is -0.138. The third-order valence-corrected chi connectivity index (χ3v) is 7.59. The number of hydrogen-bond donors (Lipinski definition) is 4. The average molecular weight is 650 g/mol. The molecule has 2 aromatic carbocycles. The zero-order valence-corrected chi connectivity index (χ0v) is 27.4. The van der Waals surface area contributed by atoms with Gasteiger partial charge >= 0.3 is 6.09 Å². The molecular formula is C34H43N5O8. The smallest absolute Gasteiger partial charge is 0.407 e. The molecule has 4 N–H and O–H groups in total. The number of aliphatic hydroxyl groups is 1. The zero-order valence-electron chi connectivity index (χ0n) is 27.4. The summed E-state index contributed by atoms with van der Waals surface area (Å²) in [6.07, 6.45) is 0.625. The summed E-state index contributed by atoms with van der Waals surface area (Å²) in [7, 11) is 1.58. The van der Waals surface area contributed by atoms with Gasteiger partial charge in [0.05, 0.1) is 37.3 Å². The molecule has 0 spiro atoms. The molecule has 0 aliphatic carbocycles. The molecule has 3 aromatic rings. The van der Waals surface area contributed by atoms with Gasteiger partial charge in [-0.15, -0.1) is 0 Å². The Bertz CT molecular complexity index is 1610. The number of fused-ring (bicyclic) bond motifs is 1. The van der Waals surface area contributed by atoms with E-state index < -0.39 is 41.6 Å². The second kappa shape index (κ2) is 15.6. The highest BCUT2D eigenvalue weighted by molar-refractivity contribution is 6.07. The number of alkyl carbamates (subject to hydrolysis) is 1. The number of methoxy groups -OCH3 is 1. The van der Waals surface area contributed by atoms with Gasteiger partial charge < -0.3 is 40.2 Å². The van der Waals surface area contributed by atoms with Crippen molar-refractivity contribution in [3.05, 3.63) is 65.4 Å². The van der Waals surface area contributed by atoms with Gasteiger partial charge in [-0.05, 0) is 75.9 Å². The maximum Gasteiger partial charge on any atom is 0.407 e. The SMILES string of the molecule is COc1cc(CNC(=O)C(O)[C@@H]2CCCN2C(=O)CNC(=O)c2ccnc3cc(OCCNC(=O)OC(C)(C)C)ccc23)ccc1C. The van der Waals surface area contributed by atoms with Gasteiger partial charge in [-0.2, -0.15) is 0 Å². The van der Waals surface area contributed by atoms with Crippen LogP contribution in [0.3, 0.4) is 0 Å². The molecule has 1 aromatic heterocycles. The van der Waals surface area contributed by atoms with Gasteiger partial charge in [0.25, 0.3) is 11.8 Å². The number of benzene rings is 2. The Labute approximate surface area is 274 Å². The molecule has 1 saturated heterocycles. The van der Waals surface area contributed by atoms with Crippen LogP contribution in [0.1, 0.15) is 55.1 Å². The number of carbonyl (C=O) groups excluding carboxylic acids is 4. The van der Waals surface area contributed by atoms with Crippen LogP contribution >= 0.6 is 0 Å². The van der Waals surface area contributed by atoms with E-state index in [1.807, 2.05) is 25.1 Å². The number of nitrogens with one attached hydrogen (secondary N) is 3. The first-order valence-electron chi connectivity index (χ1n) is 15.5. The number of likely N-dealkylation sites (tertiary alicyclic amines) is 1. The van der Waals surface area contributed by atoms with Gasteiger partial charge in [0, 0.05) is 30.7 Å². The highest BCUT2D eigenvalue weighted by Gasteiger charge is 2.37. The Morgan fingerprint density at radius 1 is 1.06 bits per heavy atom. The van der Waals surface area contributed by atoms with E-state index in [4.69, 9.17) is 14.2 Å². The summed E-state index contributed by atoms with van der Waals surface area (Å²) in [5, 5.41) is 19.4. The summed E-state index contributed by atoms with van der Waals surface area (Å²) in [6.45, 7) is 7.95. The number of aryl methyl sites for hydroxylation is 1. The van der Waals surface area contributed by atoms with Crippen LogP contribution in [0.5, 0.6) is 11.5 Å². The van der Waals surface area contributed by atoms with Crippen molar-refractivity contribution in [3.63, 3.8) is 0 Å². The molecule has 0 bridgehead atoms. The first-order valence-corrected chi connectivity index (χ1v) is 15.5. The Balaban J connectivity index is 1.29. The largest absolute Gasteiger partial charge is 0.496 e. The van der Waals surface area contributed by atoms with Crippen LogP contribution in [0.25, 0.3) is 10.9 Å². The van der Waals surface area contributed by atoms with E-state index in [0.29, 0.717) is 47.4 Å². The molecule has 1 aliphatic rings. The first-order chi connectivity index (χ1) is 22.4. The van der Waals surface area contributed by atoms with Crippen molar-refractivity contribution in [2.75, 3.05) is 33.4 Å². The van der Waals surface area contributed by atoms with E-state index in [0.717, 1.165) is 11.1 Å². The predicted molar refractivity (Wildman–Crippen MR) is 174 cm³/mol. The van der Waals surface area contributed by atoms with E-state index in [2.05, 4.69) is 20.9 Å². The molecule has 13 nitrogen and oxygen atoms in total. The third-order valence-electron chi connectivity index (χ3n) is 7.59. The van der Waals surface area contributed by atoms with Gasteiger partial charge in [-0.1, -0.05) is 12.1 Å². The topological polar surface area (TPSA) is 168 Å². The molecule has 13 heteroatoms. The van der Waals surface area contributed by atoms with Crippen molar-refractivity contribution in [3.8, 4) is 11.5 Å². The number of aliphatic hydroxyl groups excluding tert-OH is 1. The van der Waals surface area contributed by atoms with Crippen molar-refractivity contribution in [1.82, 2.24) is 25.8 Å². The van der Waals surface area contributed by atoms with E-state index in [1.54, 1.807) is 52.1 Å². The normalized spacial score (nSPS) is 15.1.